The number of carbonyl (C=O) groups excluding carboxylic acids is 1. The maximum atomic E-state index is 12.1. The number of para-hydroxylation sites is 1. The summed E-state index contributed by atoms with van der Waals surface area (Å²) in [6, 6.07) is 9.08. The van der Waals surface area contributed by atoms with E-state index >= 15 is 0 Å². The molecule has 0 bridgehead atoms. The summed E-state index contributed by atoms with van der Waals surface area (Å²) in [6.45, 7) is 1.76. The van der Waals surface area contributed by atoms with Crippen LogP contribution in [0.1, 0.15) is 31.5 Å². The van der Waals surface area contributed by atoms with Crippen molar-refractivity contribution in [3.05, 3.63) is 42.2 Å². The second kappa shape index (κ2) is 5.25. The van der Waals surface area contributed by atoms with E-state index in [-0.39, 0.29) is 0 Å². The first-order chi connectivity index (χ1) is 10.5. The van der Waals surface area contributed by atoms with Crippen LogP contribution in [-0.2, 0) is 9.59 Å². The smallest absolute Gasteiger partial charge is 0.319 e. The lowest BCUT2D eigenvalue weighted by atomic mass is 10.1. The first kappa shape index (κ1) is 14.2. The second-order valence-corrected chi connectivity index (χ2v) is 5.51. The quantitative estimate of drug-likeness (QED) is 0.811. The van der Waals surface area contributed by atoms with Crippen LogP contribution in [0.4, 0.5) is 0 Å². The van der Waals surface area contributed by atoms with Crippen LogP contribution < -0.4 is 5.32 Å². The summed E-state index contributed by atoms with van der Waals surface area (Å²) in [4.78, 5) is 23.2. The zero-order valence-corrected chi connectivity index (χ0v) is 12.1. The predicted octanol–water partition coefficient (Wildman–Crippen LogP) is 1.31. The number of rotatable bonds is 5. The molecule has 2 aromatic rings. The Morgan fingerprint density at radius 1 is 1.32 bits per heavy atom. The van der Waals surface area contributed by atoms with Gasteiger partial charge < -0.3 is 10.4 Å². The fourth-order valence-corrected chi connectivity index (χ4v) is 2.25. The van der Waals surface area contributed by atoms with E-state index in [1.54, 1.807) is 17.8 Å². The second-order valence-electron chi connectivity index (χ2n) is 5.51. The van der Waals surface area contributed by atoms with Crippen molar-refractivity contribution in [1.82, 2.24) is 20.3 Å². The van der Waals surface area contributed by atoms with Gasteiger partial charge in [-0.05, 0) is 31.9 Å². The molecule has 1 aromatic carbocycles. The summed E-state index contributed by atoms with van der Waals surface area (Å²) >= 11 is 0. The molecule has 0 saturated heterocycles. The molecule has 1 amide bonds. The van der Waals surface area contributed by atoms with Gasteiger partial charge in [0, 0.05) is 0 Å². The highest BCUT2D eigenvalue weighted by Crippen LogP contribution is 2.46. The predicted molar refractivity (Wildman–Crippen MR) is 77.2 cm³/mol. The van der Waals surface area contributed by atoms with Crippen LogP contribution in [0.25, 0.3) is 5.69 Å². The molecule has 3 rings (SSSR count). The van der Waals surface area contributed by atoms with E-state index < -0.39 is 23.3 Å². The number of hydrogen-bond donors (Lipinski definition) is 2. The van der Waals surface area contributed by atoms with Gasteiger partial charge >= 0.3 is 5.97 Å². The Morgan fingerprint density at radius 2 is 2.00 bits per heavy atom. The van der Waals surface area contributed by atoms with Crippen LogP contribution in [0, 0.1) is 5.41 Å². The average Bonchev–Trinajstić information content (AvgIpc) is 3.19. The fourth-order valence-electron chi connectivity index (χ4n) is 2.25. The van der Waals surface area contributed by atoms with Crippen LogP contribution in [0.2, 0.25) is 0 Å². The normalized spacial score (nSPS) is 16.8. The zero-order valence-electron chi connectivity index (χ0n) is 12.1. The number of amides is 1. The summed E-state index contributed by atoms with van der Waals surface area (Å²) in [5.41, 5.74) is 0.200. The van der Waals surface area contributed by atoms with Crippen LogP contribution in [0.5, 0.6) is 0 Å². The average molecular weight is 300 g/mol. The SMILES string of the molecule is CC(NC(=O)C1(C(=O)O)CC1)c1cn(-c2ccccc2)nn1. The lowest BCUT2D eigenvalue weighted by Crippen LogP contribution is -2.38. The number of nitrogens with one attached hydrogen (secondary N) is 1. The highest BCUT2D eigenvalue weighted by atomic mass is 16.4. The van der Waals surface area contributed by atoms with E-state index in [1.807, 2.05) is 30.3 Å². The number of carboxylic acids is 1. The number of carboxylic acid groups (broad SMARTS) is 1. The number of aromatic nitrogens is 3. The minimum Gasteiger partial charge on any atom is -0.480 e. The van der Waals surface area contributed by atoms with Crippen LogP contribution in [0.3, 0.4) is 0 Å². The molecule has 1 unspecified atom stereocenters. The Labute approximate surface area is 126 Å². The van der Waals surface area contributed by atoms with Crippen molar-refractivity contribution in [3.8, 4) is 5.69 Å². The molecular weight excluding hydrogens is 284 g/mol. The van der Waals surface area contributed by atoms with E-state index in [2.05, 4.69) is 15.6 Å². The molecule has 0 aliphatic heterocycles. The number of nitrogens with zero attached hydrogens (tertiary/aromatic N) is 3. The monoisotopic (exact) mass is 300 g/mol. The molecule has 2 N–H and O–H groups in total. The first-order valence-electron chi connectivity index (χ1n) is 7.05. The van der Waals surface area contributed by atoms with E-state index in [0.717, 1.165) is 5.69 Å². The van der Waals surface area contributed by atoms with Gasteiger partial charge in [0.1, 0.15) is 11.1 Å². The van der Waals surface area contributed by atoms with Crippen molar-refractivity contribution < 1.29 is 14.7 Å². The maximum Gasteiger partial charge on any atom is 0.319 e. The van der Waals surface area contributed by atoms with Crippen molar-refractivity contribution in [1.29, 1.82) is 0 Å². The molecule has 22 heavy (non-hydrogen) atoms. The Kier molecular flexibility index (Phi) is 3.40. The molecule has 1 saturated carbocycles. The fraction of sp³-hybridized carbons (Fsp3) is 0.333. The van der Waals surface area contributed by atoms with Gasteiger partial charge in [-0.3, -0.25) is 9.59 Å². The van der Waals surface area contributed by atoms with Crippen LogP contribution >= 0.6 is 0 Å². The third-order valence-corrected chi connectivity index (χ3v) is 3.92. The molecule has 1 heterocycles. The van der Waals surface area contributed by atoms with Gasteiger partial charge in [0.05, 0.1) is 17.9 Å². The lowest BCUT2D eigenvalue weighted by Gasteiger charge is -2.14. The van der Waals surface area contributed by atoms with Crippen molar-refractivity contribution in [3.63, 3.8) is 0 Å². The molecule has 0 radical (unpaired) electrons. The maximum absolute atomic E-state index is 12.1. The molecule has 114 valence electrons. The number of benzene rings is 1. The first-order valence-corrected chi connectivity index (χ1v) is 7.05. The van der Waals surface area contributed by atoms with Gasteiger partial charge in [0.15, 0.2) is 0 Å². The molecule has 1 fully saturated rings. The number of hydrogen-bond acceptors (Lipinski definition) is 4. The van der Waals surface area contributed by atoms with Gasteiger partial charge in [-0.15, -0.1) is 5.10 Å². The van der Waals surface area contributed by atoms with Crippen molar-refractivity contribution in [2.75, 3.05) is 0 Å². The minimum atomic E-state index is -1.25. The van der Waals surface area contributed by atoms with Crippen molar-refractivity contribution >= 4 is 11.9 Å². The standard InChI is InChI=1S/C15H16N4O3/c1-10(16-13(20)15(7-8-15)14(21)22)12-9-19(18-17-12)11-5-3-2-4-6-11/h2-6,9-10H,7-8H2,1H3,(H,16,20)(H,21,22). The van der Waals surface area contributed by atoms with E-state index in [1.165, 1.54) is 0 Å². The van der Waals surface area contributed by atoms with E-state index in [9.17, 15) is 9.59 Å². The largest absolute Gasteiger partial charge is 0.480 e. The summed E-state index contributed by atoms with van der Waals surface area (Å²) in [7, 11) is 0. The van der Waals surface area contributed by atoms with Gasteiger partial charge in [0.25, 0.3) is 0 Å². The molecule has 0 spiro atoms. The molecule has 1 aliphatic rings. The van der Waals surface area contributed by atoms with Crippen LogP contribution in [0.15, 0.2) is 36.5 Å². The Bertz CT molecular complexity index is 707. The Morgan fingerprint density at radius 3 is 2.59 bits per heavy atom. The van der Waals surface area contributed by atoms with Crippen LogP contribution in [-0.4, -0.2) is 32.0 Å². The Balaban J connectivity index is 1.71. The van der Waals surface area contributed by atoms with Crippen molar-refractivity contribution in [2.45, 2.75) is 25.8 Å². The molecule has 1 atom stereocenters. The summed E-state index contributed by atoms with van der Waals surface area (Å²) in [5, 5.41) is 19.9. The topological polar surface area (TPSA) is 97.1 Å². The minimum absolute atomic E-state index is 0.387. The molecule has 7 heteroatoms. The lowest BCUT2D eigenvalue weighted by molar-refractivity contribution is -0.149. The third-order valence-electron chi connectivity index (χ3n) is 3.92. The Hall–Kier alpha value is -2.70. The van der Waals surface area contributed by atoms with Gasteiger partial charge in [-0.2, -0.15) is 0 Å². The summed E-state index contributed by atoms with van der Waals surface area (Å²) < 4.78 is 1.61. The van der Waals surface area contributed by atoms with Crippen molar-refractivity contribution in [2.24, 2.45) is 5.41 Å². The number of carbonyl (C=O) groups is 2. The van der Waals surface area contributed by atoms with E-state index in [0.29, 0.717) is 18.5 Å². The van der Waals surface area contributed by atoms with E-state index in [4.69, 9.17) is 5.11 Å². The highest BCUT2D eigenvalue weighted by molar-refractivity contribution is 6.04. The summed E-state index contributed by atoms with van der Waals surface area (Å²) in [5.74, 6) is -1.52. The molecule has 7 nitrogen and oxygen atoms in total. The number of aliphatic carboxylic acids is 1. The third kappa shape index (κ3) is 2.45. The van der Waals surface area contributed by atoms with Gasteiger partial charge in [-0.1, -0.05) is 23.4 Å². The van der Waals surface area contributed by atoms with Gasteiger partial charge in [0.2, 0.25) is 5.91 Å². The van der Waals surface area contributed by atoms with Gasteiger partial charge in [-0.25, -0.2) is 4.68 Å². The molecular formula is C15H16N4O3. The zero-order chi connectivity index (χ0) is 15.7. The molecule has 1 aliphatic carbocycles. The highest BCUT2D eigenvalue weighted by Gasteiger charge is 2.57. The molecule has 1 aromatic heterocycles. The summed E-state index contributed by atoms with van der Waals surface area (Å²) in [6.07, 6.45) is 2.50.